The summed E-state index contributed by atoms with van der Waals surface area (Å²) in [6, 6.07) is 0. The van der Waals surface area contributed by atoms with E-state index in [0.717, 1.165) is 29.5 Å². The van der Waals surface area contributed by atoms with Gasteiger partial charge in [0.05, 0.1) is 5.60 Å². The van der Waals surface area contributed by atoms with Gasteiger partial charge in [-0.2, -0.15) is 39.5 Å². The average molecular weight is 472 g/mol. The van der Waals surface area contributed by atoms with E-state index in [-0.39, 0.29) is 12.3 Å². The van der Waals surface area contributed by atoms with Gasteiger partial charge in [0, 0.05) is 9.66 Å². The maximum Gasteiger partial charge on any atom is 0.460 e. The molecule has 0 spiro atoms. The van der Waals surface area contributed by atoms with Crippen molar-refractivity contribution in [2.75, 3.05) is 0 Å². The molecule has 0 heterocycles. The Morgan fingerprint density at radius 2 is 1.35 bits per heavy atom. The second kappa shape index (κ2) is 6.60. The normalized spacial score (nSPS) is 18.3. The maximum atomic E-state index is 13.4. The SMILES string of the molecule is CC(C)CC(C)(O)C(I)=CC(F)(F)C(F)(F)C(F)(F)C(F)(F)F. The van der Waals surface area contributed by atoms with Crippen molar-refractivity contribution < 1.29 is 44.6 Å². The molecule has 0 aromatic rings. The zero-order valence-electron chi connectivity index (χ0n) is 12.1. The molecule has 0 aromatic heterocycles. The van der Waals surface area contributed by atoms with E-state index in [0.29, 0.717) is 0 Å². The molecule has 0 fully saturated rings. The van der Waals surface area contributed by atoms with Crippen molar-refractivity contribution in [1.82, 2.24) is 0 Å². The Morgan fingerprint density at radius 1 is 0.957 bits per heavy atom. The van der Waals surface area contributed by atoms with Gasteiger partial charge in [-0.05, 0) is 41.9 Å². The van der Waals surface area contributed by atoms with Crippen LogP contribution >= 0.6 is 22.6 Å². The van der Waals surface area contributed by atoms with Crippen LogP contribution in [0.1, 0.15) is 27.2 Å². The summed E-state index contributed by atoms with van der Waals surface area (Å²) >= 11 is 1.00. The van der Waals surface area contributed by atoms with Gasteiger partial charge in [0.1, 0.15) is 0 Å². The molecule has 138 valence electrons. The Hall–Kier alpha value is -0.200. The number of halogens is 10. The van der Waals surface area contributed by atoms with Crippen LogP contribution in [0.5, 0.6) is 0 Å². The quantitative estimate of drug-likeness (QED) is 0.396. The molecule has 23 heavy (non-hydrogen) atoms. The van der Waals surface area contributed by atoms with Crippen LogP contribution in [0.2, 0.25) is 0 Å². The van der Waals surface area contributed by atoms with Gasteiger partial charge < -0.3 is 5.11 Å². The number of aliphatic hydroxyl groups is 1. The number of rotatable bonds is 6. The fourth-order valence-electron chi connectivity index (χ4n) is 1.69. The summed E-state index contributed by atoms with van der Waals surface area (Å²) in [5.41, 5.74) is -2.08. The third-order valence-electron chi connectivity index (χ3n) is 2.80. The molecule has 0 rings (SSSR count). The Balaban J connectivity index is 5.85. The van der Waals surface area contributed by atoms with E-state index in [4.69, 9.17) is 0 Å². The molecule has 1 unspecified atom stereocenters. The monoisotopic (exact) mass is 472 g/mol. The fraction of sp³-hybridized carbons (Fsp3) is 0.833. The molecule has 11 heteroatoms. The molecule has 1 nitrogen and oxygen atoms in total. The first-order valence-corrected chi connectivity index (χ1v) is 7.19. The Morgan fingerprint density at radius 3 is 1.65 bits per heavy atom. The summed E-state index contributed by atoms with van der Waals surface area (Å²) in [4.78, 5) is 0. The van der Waals surface area contributed by atoms with Crippen molar-refractivity contribution in [3.05, 3.63) is 9.66 Å². The summed E-state index contributed by atoms with van der Waals surface area (Å²) < 4.78 is 114. The van der Waals surface area contributed by atoms with E-state index in [9.17, 15) is 44.6 Å². The molecular formula is C12H14F9IO. The second-order valence-electron chi connectivity index (χ2n) is 5.63. The Labute approximate surface area is 140 Å². The lowest BCUT2D eigenvalue weighted by molar-refractivity contribution is -0.388. The van der Waals surface area contributed by atoms with Gasteiger partial charge in [0.2, 0.25) is 0 Å². The number of allylic oxidation sites excluding steroid dienone is 1. The van der Waals surface area contributed by atoms with E-state index >= 15 is 0 Å². The first-order chi connectivity index (χ1) is 9.79. The van der Waals surface area contributed by atoms with Crippen LogP contribution in [0.15, 0.2) is 9.66 Å². The zero-order valence-corrected chi connectivity index (χ0v) is 14.2. The van der Waals surface area contributed by atoms with E-state index in [1.165, 1.54) is 0 Å². The summed E-state index contributed by atoms with van der Waals surface area (Å²) in [5.74, 6) is -19.8. The maximum absolute atomic E-state index is 13.4. The molecule has 0 aromatic carbocycles. The molecule has 1 N–H and O–H groups in total. The summed E-state index contributed by atoms with van der Waals surface area (Å²) in [6.07, 6.45) is -7.81. The van der Waals surface area contributed by atoms with Crippen LogP contribution in [0, 0.1) is 5.92 Å². The molecule has 0 saturated carbocycles. The highest BCUT2D eigenvalue weighted by Gasteiger charge is 2.81. The summed E-state index contributed by atoms with van der Waals surface area (Å²) in [5, 5.41) is 9.88. The lowest BCUT2D eigenvalue weighted by atomic mass is 9.92. The molecule has 0 aliphatic heterocycles. The summed E-state index contributed by atoms with van der Waals surface area (Å²) in [7, 11) is 0. The fourth-order valence-corrected chi connectivity index (χ4v) is 2.30. The Kier molecular flexibility index (Phi) is 6.54. The molecule has 0 aliphatic carbocycles. The standard InChI is InChI=1S/C12H14F9IO/c1-6(2)4-8(3,23)7(22)5-9(13,14)10(15,16)11(17,18)12(19,20)21/h5-6,23H,4H2,1-3H3. The molecular weight excluding hydrogens is 458 g/mol. The predicted molar refractivity (Wildman–Crippen MR) is 73.1 cm³/mol. The van der Waals surface area contributed by atoms with Crippen molar-refractivity contribution >= 4 is 22.6 Å². The summed E-state index contributed by atoms with van der Waals surface area (Å²) in [6.45, 7) is 4.08. The minimum Gasteiger partial charge on any atom is -0.385 e. The average Bonchev–Trinajstić information content (AvgIpc) is 2.24. The number of hydrogen-bond acceptors (Lipinski definition) is 1. The van der Waals surface area contributed by atoms with Crippen molar-refractivity contribution in [3.8, 4) is 0 Å². The van der Waals surface area contributed by atoms with Gasteiger partial charge in [0.25, 0.3) is 0 Å². The van der Waals surface area contributed by atoms with Gasteiger partial charge in [0.15, 0.2) is 0 Å². The van der Waals surface area contributed by atoms with E-state index in [1.807, 2.05) is 0 Å². The van der Waals surface area contributed by atoms with Gasteiger partial charge in [-0.15, -0.1) is 0 Å². The van der Waals surface area contributed by atoms with E-state index in [2.05, 4.69) is 0 Å². The zero-order chi connectivity index (χ0) is 19.1. The third-order valence-corrected chi connectivity index (χ3v) is 4.27. The second-order valence-corrected chi connectivity index (χ2v) is 6.80. The van der Waals surface area contributed by atoms with Crippen molar-refractivity contribution in [2.45, 2.75) is 56.7 Å². The molecule has 0 radical (unpaired) electrons. The largest absolute Gasteiger partial charge is 0.460 e. The van der Waals surface area contributed by atoms with Crippen molar-refractivity contribution in [1.29, 1.82) is 0 Å². The molecule has 0 amide bonds. The smallest absolute Gasteiger partial charge is 0.385 e. The van der Waals surface area contributed by atoms with Crippen LogP contribution in [0.25, 0.3) is 0 Å². The highest BCUT2D eigenvalue weighted by molar-refractivity contribution is 14.1. The van der Waals surface area contributed by atoms with Crippen molar-refractivity contribution in [2.24, 2.45) is 5.92 Å². The minimum atomic E-state index is -6.94. The van der Waals surface area contributed by atoms with Gasteiger partial charge in [-0.3, -0.25) is 0 Å². The minimum absolute atomic E-state index is 0.195. The predicted octanol–water partition coefficient (Wildman–Crippen LogP) is 5.57. The first-order valence-electron chi connectivity index (χ1n) is 6.11. The van der Waals surface area contributed by atoms with Gasteiger partial charge in [-0.25, -0.2) is 0 Å². The molecule has 0 aliphatic rings. The molecule has 0 bridgehead atoms. The van der Waals surface area contributed by atoms with Gasteiger partial charge in [-0.1, -0.05) is 13.8 Å². The lowest BCUT2D eigenvalue weighted by Crippen LogP contribution is -2.60. The van der Waals surface area contributed by atoms with Crippen LogP contribution < -0.4 is 0 Å². The highest BCUT2D eigenvalue weighted by Crippen LogP contribution is 2.54. The topological polar surface area (TPSA) is 20.2 Å². The van der Waals surface area contributed by atoms with E-state index < -0.39 is 39.2 Å². The Bertz CT molecular complexity index is 452. The third kappa shape index (κ3) is 4.67. The molecule has 1 atom stereocenters. The van der Waals surface area contributed by atoms with Crippen LogP contribution in [0.4, 0.5) is 39.5 Å². The number of hydrogen-bond donors (Lipinski definition) is 1. The van der Waals surface area contributed by atoms with Crippen LogP contribution in [-0.4, -0.2) is 34.7 Å². The number of alkyl halides is 9. The van der Waals surface area contributed by atoms with E-state index in [1.54, 1.807) is 13.8 Å². The van der Waals surface area contributed by atoms with Crippen LogP contribution in [0.3, 0.4) is 0 Å². The molecule has 0 saturated heterocycles. The van der Waals surface area contributed by atoms with Crippen molar-refractivity contribution in [3.63, 3.8) is 0 Å². The first kappa shape index (κ1) is 22.8. The van der Waals surface area contributed by atoms with Gasteiger partial charge >= 0.3 is 23.9 Å². The lowest BCUT2D eigenvalue weighted by Gasteiger charge is -2.33. The van der Waals surface area contributed by atoms with Crippen LogP contribution in [-0.2, 0) is 0 Å². The highest BCUT2D eigenvalue weighted by atomic mass is 127.